The molecule has 2 amide bonds. The summed E-state index contributed by atoms with van der Waals surface area (Å²) in [7, 11) is 1.62. The highest BCUT2D eigenvalue weighted by atomic mass is 16.7. The first-order valence-corrected chi connectivity index (χ1v) is 17.7. The lowest BCUT2D eigenvalue weighted by molar-refractivity contribution is -0.175. The molecule has 4 fully saturated rings. The Kier molecular flexibility index (Phi) is 10.5. The monoisotopic (exact) mass is 668 g/mol. The first-order chi connectivity index (χ1) is 23.5. The van der Waals surface area contributed by atoms with Gasteiger partial charge in [-0.1, -0.05) is 81.4 Å². The lowest BCUT2D eigenvalue weighted by Gasteiger charge is -2.62. The van der Waals surface area contributed by atoms with Gasteiger partial charge in [0.05, 0.1) is 25.9 Å². The van der Waals surface area contributed by atoms with E-state index in [1.54, 1.807) is 25.2 Å². The minimum absolute atomic E-state index is 0.0818. The van der Waals surface area contributed by atoms with Crippen molar-refractivity contribution in [1.29, 1.82) is 0 Å². The quantitative estimate of drug-likeness (QED) is 0.215. The summed E-state index contributed by atoms with van der Waals surface area (Å²) in [6, 6.07) is 22.8. The average Bonchev–Trinajstić information content (AvgIpc) is 3.48. The van der Waals surface area contributed by atoms with Crippen molar-refractivity contribution in [2.45, 2.75) is 77.8 Å². The van der Waals surface area contributed by atoms with Crippen molar-refractivity contribution in [1.82, 2.24) is 15.7 Å². The molecule has 5 N–H and O–H groups in total. The first kappa shape index (κ1) is 35.1. The van der Waals surface area contributed by atoms with Gasteiger partial charge in [-0.05, 0) is 72.6 Å². The maximum atomic E-state index is 14.2. The van der Waals surface area contributed by atoms with Gasteiger partial charge in [-0.2, -0.15) is 5.06 Å². The maximum Gasteiger partial charge on any atom is 0.251 e. The van der Waals surface area contributed by atoms with Gasteiger partial charge in [0.15, 0.2) is 0 Å². The molecule has 3 saturated carbocycles. The third-order valence-electron chi connectivity index (χ3n) is 11.7. The summed E-state index contributed by atoms with van der Waals surface area (Å²) in [5, 5.41) is 19.0. The Morgan fingerprint density at radius 1 is 1.08 bits per heavy atom. The Labute approximate surface area is 290 Å². The van der Waals surface area contributed by atoms with Crippen molar-refractivity contribution in [2.75, 3.05) is 20.2 Å². The number of rotatable bonds is 12. The van der Waals surface area contributed by atoms with Crippen LogP contribution in [-0.2, 0) is 22.6 Å². The van der Waals surface area contributed by atoms with Gasteiger partial charge in [0, 0.05) is 41.7 Å². The normalized spacial score (nSPS) is 27.9. The zero-order valence-corrected chi connectivity index (χ0v) is 29.4. The Balaban J connectivity index is 1.21. The summed E-state index contributed by atoms with van der Waals surface area (Å²) in [4.78, 5) is 33.6. The number of carbonyl (C=O) groups excluding carboxylic acids is 2. The number of methoxy groups -OCH3 is 1. The van der Waals surface area contributed by atoms with Gasteiger partial charge >= 0.3 is 0 Å². The van der Waals surface area contributed by atoms with Crippen LogP contribution in [0.4, 0.5) is 0 Å². The molecule has 3 aromatic carbocycles. The zero-order chi connectivity index (χ0) is 34.9. The number of hydroxylamine groups is 2. The van der Waals surface area contributed by atoms with Crippen molar-refractivity contribution < 1.29 is 24.3 Å². The number of hydrogen-bond acceptors (Lipinski definition) is 7. The molecule has 9 heteroatoms. The average molecular weight is 669 g/mol. The van der Waals surface area contributed by atoms with Crippen LogP contribution in [0, 0.1) is 29.1 Å². The molecule has 3 aliphatic carbocycles. The van der Waals surface area contributed by atoms with Crippen LogP contribution >= 0.6 is 0 Å². The molecule has 8 atom stereocenters. The van der Waals surface area contributed by atoms with Gasteiger partial charge in [-0.25, -0.2) is 0 Å². The number of hydrogen-bond donors (Lipinski definition) is 4. The molecule has 49 heavy (non-hydrogen) atoms. The highest BCUT2D eigenvalue weighted by Crippen LogP contribution is 2.61. The molecule has 0 spiro atoms. The van der Waals surface area contributed by atoms with E-state index in [-0.39, 0.29) is 30.9 Å². The molecule has 4 aliphatic rings. The van der Waals surface area contributed by atoms with E-state index in [0.29, 0.717) is 41.0 Å². The molecule has 2 bridgehead atoms. The fourth-order valence-electron chi connectivity index (χ4n) is 8.77. The molecule has 1 saturated heterocycles. The van der Waals surface area contributed by atoms with Crippen LogP contribution in [0.25, 0.3) is 11.1 Å². The fourth-order valence-corrected chi connectivity index (χ4v) is 8.77. The predicted octanol–water partition coefficient (Wildman–Crippen LogP) is 4.96. The van der Waals surface area contributed by atoms with Crippen molar-refractivity contribution in [3.05, 3.63) is 89.5 Å². The fraction of sp³-hybridized carbons (Fsp3) is 0.500. The zero-order valence-electron chi connectivity index (χ0n) is 29.4. The van der Waals surface area contributed by atoms with Gasteiger partial charge in [-0.15, -0.1) is 0 Å². The molecule has 0 radical (unpaired) electrons. The lowest BCUT2D eigenvalue weighted by Crippen LogP contribution is -2.62. The van der Waals surface area contributed by atoms with Crippen molar-refractivity contribution in [3.63, 3.8) is 0 Å². The highest BCUT2D eigenvalue weighted by molar-refractivity contribution is 5.95. The van der Waals surface area contributed by atoms with Crippen LogP contribution in [0.1, 0.15) is 62.0 Å². The molecule has 3 aromatic rings. The van der Waals surface area contributed by atoms with Gasteiger partial charge in [0.25, 0.3) is 5.91 Å². The molecular formula is C40H52N4O5. The summed E-state index contributed by atoms with van der Waals surface area (Å²) in [5.41, 5.74) is 10.6. The van der Waals surface area contributed by atoms with Gasteiger partial charge < -0.3 is 26.2 Å². The van der Waals surface area contributed by atoms with E-state index in [4.69, 9.17) is 15.3 Å². The number of ether oxygens (including phenoxy) is 1. The Bertz CT molecular complexity index is 1630. The Morgan fingerprint density at radius 3 is 2.51 bits per heavy atom. The predicted molar refractivity (Wildman–Crippen MR) is 190 cm³/mol. The van der Waals surface area contributed by atoms with Crippen molar-refractivity contribution in [2.24, 2.45) is 34.8 Å². The van der Waals surface area contributed by atoms with Crippen LogP contribution in [0.5, 0.6) is 5.75 Å². The number of nitrogens with zero attached hydrogens (tertiary/aromatic N) is 1. The minimum Gasteiger partial charge on any atom is -0.496 e. The van der Waals surface area contributed by atoms with Crippen LogP contribution in [0.15, 0.2) is 72.8 Å². The molecule has 1 aliphatic heterocycles. The second kappa shape index (κ2) is 14.6. The molecule has 262 valence electrons. The number of nitrogens with two attached hydrogens (primary N) is 1. The second-order valence-corrected chi connectivity index (χ2v) is 14.9. The number of nitrogens with one attached hydrogen (secondary N) is 2. The van der Waals surface area contributed by atoms with E-state index in [1.807, 2.05) is 66.7 Å². The van der Waals surface area contributed by atoms with Crippen LogP contribution < -0.4 is 21.1 Å². The number of aliphatic hydroxyl groups excluding tert-OH is 1. The largest absolute Gasteiger partial charge is 0.496 e. The number of para-hydroxylation sites is 1. The van der Waals surface area contributed by atoms with Gasteiger partial charge in [-0.3, -0.25) is 14.4 Å². The molecular weight excluding hydrogens is 616 g/mol. The standard InChI is InChI=1S/C40H52N4O5/c1-24-32-20-30(40(32,3)4)21-33(24)43-39(47)36-35(25(2)45)34(22-41)49-44(36)23-29-15-10-16-31(37(29)48-5)27-13-9-14-28(19-27)38(46)42-18-17-26-11-7-6-8-12-26/h6-16,19,24-25,30,32-36,45H,17-18,20-23,41H2,1-5H3,(H,42,46)(H,43,47)/t24-,25-,30+,32-,33-,34-,35+,36-/m0/s1. The van der Waals surface area contributed by atoms with Crippen LogP contribution in [0.3, 0.4) is 0 Å². The summed E-state index contributed by atoms with van der Waals surface area (Å²) in [5.74, 6) is 1.40. The van der Waals surface area contributed by atoms with Gasteiger partial charge in [0.2, 0.25) is 5.91 Å². The second-order valence-electron chi connectivity index (χ2n) is 14.9. The van der Waals surface area contributed by atoms with E-state index in [1.165, 1.54) is 12.0 Å². The highest BCUT2D eigenvalue weighted by Gasteiger charge is 2.57. The van der Waals surface area contributed by atoms with Crippen LogP contribution in [-0.4, -0.2) is 66.5 Å². The topological polar surface area (TPSA) is 126 Å². The number of fused-ring (bicyclic) bond motifs is 2. The molecule has 0 unspecified atom stereocenters. The Morgan fingerprint density at radius 2 is 1.84 bits per heavy atom. The minimum atomic E-state index is -0.805. The van der Waals surface area contributed by atoms with E-state index < -0.39 is 24.2 Å². The SMILES string of the molecule is COc1c(CN2O[C@@H](CN)[C@@H]([C@H](C)O)[C@H]2C(=O)N[C@H]2C[C@H]3C[C@@H]([C@@H]2C)C3(C)C)cccc1-c1cccc(C(=O)NCCc2ccccc2)c1. The van der Waals surface area contributed by atoms with E-state index in [9.17, 15) is 14.7 Å². The summed E-state index contributed by atoms with van der Waals surface area (Å²) < 4.78 is 5.99. The third-order valence-corrected chi connectivity index (χ3v) is 11.7. The third kappa shape index (κ3) is 6.99. The summed E-state index contributed by atoms with van der Waals surface area (Å²) in [6.07, 6.45) is 1.62. The molecule has 7 rings (SSSR count). The number of benzene rings is 3. The number of aliphatic hydroxyl groups is 1. The first-order valence-electron chi connectivity index (χ1n) is 17.7. The number of carbonyl (C=O) groups is 2. The van der Waals surface area contributed by atoms with Crippen molar-refractivity contribution in [3.8, 4) is 16.9 Å². The van der Waals surface area contributed by atoms with Gasteiger partial charge in [0.1, 0.15) is 11.8 Å². The summed E-state index contributed by atoms with van der Waals surface area (Å²) in [6.45, 7) is 9.60. The Hall–Kier alpha value is -3.76. The summed E-state index contributed by atoms with van der Waals surface area (Å²) >= 11 is 0. The maximum absolute atomic E-state index is 14.2. The van der Waals surface area contributed by atoms with Crippen molar-refractivity contribution >= 4 is 11.8 Å². The molecule has 9 nitrogen and oxygen atoms in total. The smallest absolute Gasteiger partial charge is 0.251 e. The lowest BCUT2D eigenvalue weighted by atomic mass is 9.45. The van der Waals surface area contributed by atoms with E-state index in [2.05, 4.69) is 31.4 Å². The number of amides is 2. The molecule has 0 aromatic heterocycles. The van der Waals surface area contributed by atoms with E-state index in [0.717, 1.165) is 29.5 Å². The molecule has 1 heterocycles. The van der Waals surface area contributed by atoms with E-state index >= 15 is 0 Å². The van der Waals surface area contributed by atoms with Crippen LogP contribution in [0.2, 0.25) is 0 Å².